The van der Waals surface area contributed by atoms with Gasteiger partial charge >= 0.3 is 0 Å². The van der Waals surface area contributed by atoms with Crippen molar-refractivity contribution in [2.24, 2.45) is 0 Å². The molecule has 1 saturated heterocycles. The predicted molar refractivity (Wildman–Crippen MR) is 348 cm³/mol. The molecular weight excluding hydrogens is 1040 g/mol. The van der Waals surface area contributed by atoms with Crippen molar-refractivity contribution in [2.75, 3.05) is 13.2 Å². The summed E-state index contributed by atoms with van der Waals surface area (Å²) in [5, 5.41) is 76.5. The first-order valence-corrected chi connectivity index (χ1v) is 35.5. The van der Waals surface area contributed by atoms with Crippen molar-refractivity contribution in [3.05, 3.63) is 48.6 Å². The summed E-state index contributed by atoms with van der Waals surface area (Å²) in [6, 6.07) is -1.20. The zero-order chi connectivity index (χ0) is 60.3. The van der Waals surface area contributed by atoms with Gasteiger partial charge in [-0.25, -0.2) is 0 Å². The molecule has 1 aliphatic rings. The number of unbranched alkanes of at least 4 members (excludes halogenated alkanes) is 42. The standard InChI is InChI=1S/C72H135NO10/c1-3-5-7-9-11-13-15-17-19-21-23-25-27-29-31-32-34-35-37-39-41-43-45-47-49-51-53-55-57-59-64(75)67(77)63(62-82-72-70(80)69(79)68(78)66(61-74)83-72)73-71(81)65(76)60-58-56-54-52-50-48-46-44-42-40-38-36-33-30-28-26-24-22-20-18-16-14-12-10-8-6-4-2/h30,33,35,37,43,45,51,53,63-70,72,74-80H,3-29,31-32,34,36,38-42,44,46-50,52,54-62H2,1-2H3,(H,73,81)/b33-30-,37-35+,45-43+,53-51+. The number of hydrogen-bond acceptors (Lipinski definition) is 10. The van der Waals surface area contributed by atoms with Crippen molar-refractivity contribution < 1.29 is 50.0 Å². The average molecular weight is 1170 g/mol. The lowest BCUT2D eigenvalue weighted by atomic mass is 9.98. The first-order valence-electron chi connectivity index (χ1n) is 35.5. The highest BCUT2D eigenvalue weighted by Gasteiger charge is 2.44. The van der Waals surface area contributed by atoms with E-state index in [4.69, 9.17) is 9.47 Å². The smallest absolute Gasteiger partial charge is 0.249 e. The van der Waals surface area contributed by atoms with Crippen molar-refractivity contribution in [1.82, 2.24) is 5.32 Å². The van der Waals surface area contributed by atoms with Gasteiger partial charge in [-0.3, -0.25) is 4.79 Å². The number of rotatable bonds is 62. The Morgan fingerprint density at radius 2 is 0.723 bits per heavy atom. The molecule has 0 aromatic carbocycles. The van der Waals surface area contributed by atoms with Gasteiger partial charge in [0.15, 0.2) is 6.29 Å². The molecule has 0 aromatic rings. The lowest BCUT2D eigenvalue weighted by Gasteiger charge is -2.40. The van der Waals surface area contributed by atoms with Gasteiger partial charge in [0.05, 0.1) is 25.4 Å². The molecule has 9 atom stereocenters. The summed E-state index contributed by atoms with van der Waals surface area (Å²) in [7, 11) is 0. The summed E-state index contributed by atoms with van der Waals surface area (Å²) in [6.45, 7) is 3.48. The fourth-order valence-corrected chi connectivity index (χ4v) is 11.4. The Hall–Kier alpha value is -1.93. The van der Waals surface area contributed by atoms with E-state index in [0.29, 0.717) is 19.3 Å². The van der Waals surface area contributed by atoms with Crippen molar-refractivity contribution in [3.63, 3.8) is 0 Å². The zero-order valence-corrected chi connectivity index (χ0v) is 53.9. The Morgan fingerprint density at radius 1 is 0.410 bits per heavy atom. The van der Waals surface area contributed by atoms with Gasteiger partial charge in [0.2, 0.25) is 5.91 Å². The Kier molecular flexibility index (Phi) is 57.5. The first-order chi connectivity index (χ1) is 40.7. The van der Waals surface area contributed by atoms with Crippen LogP contribution in [0.1, 0.15) is 335 Å². The molecule has 1 aliphatic heterocycles. The number of carbonyl (C=O) groups excluding carboxylic acids is 1. The topological polar surface area (TPSA) is 189 Å². The highest BCUT2D eigenvalue weighted by molar-refractivity contribution is 5.80. The quantitative estimate of drug-likeness (QED) is 0.0215. The number of allylic oxidation sites excluding steroid dienone is 8. The van der Waals surface area contributed by atoms with Crippen molar-refractivity contribution in [2.45, 2.75) is 390 Å². The molecule has 0 bridgehead atoms. The minimum absolute atomic E-state index is 0.241. The molecule has 1 amide bonds. The van der Waals surface area contributed by atoms with Crippen LogP contribution in [0.2, 0.25) is 0 Å². The molecule has 0 saturated carbocycles. The molecule has 1 heterocycles. The highest BCUT2D eigenvalue weighted by atomic mass is 16.7. The zero-order valence-electron chi connectivity index (χ0n) is 53.9. The summed E-state index contributed by atoms with van der Waals surface area (Å²) in [5.41, 5.74) is 0. The van der Waals surface area contributed by atoms with Crippen LogP contribution in [-0.4, -0.2) is 110 Å². The molecule has 11 heteroatoms. The minimum atomic E-state index is -1.68. The third-order valence-electron chi connectivity index (χ3n) is 17.1. The first kappa shape index (κ1) is 79.1. The monoisotopic (exact) mass is 1170 g/mol. The maximum Gasteiger partial charge on any atom is 0.249 e. The molecule has 0 radical (unpaired) electrons. The molecule has 9 unspecified atom stereocenters. The molecule has 1 fully saturated rings. The van der Waals surface area contributed by atoms with Crippen LogP contribution in [0.5, 0.6) is 0 Å². The number of nitrogens with one attached hydrogen (secondary N) is 1. The molecule has 1 rings (SSSR count). The third kappa shape index (κ3) is 47.8. The normalized spacial score (nSPS) is 19.3. The van der Waals surface area contributed by atoms with Gasteiger partial charge in [-0.15, -0.1) is 0 Å². The highest BCUT2D eigenvalue weighted by Crippen LogP contribution is 2.24. The number of carbonyl (C=O) groups is 1. The Bertz CT molecular complexity index is 1490. The van der Waals surface area contributed by atoms with Gasteiger partial charge in [0, 0.05) is 0 Å². The van der Waals surface area contributed by atoms with Gasteiger partial charge in [-0.2, -0.15) is 0 Å². The van der Waals surface area contributed by atoms with Crippen LogP contribution in [-0.2, 0) is 14.3 Å². The molecule has 0 aromatic heterocycles. The Morgan fingerprint density at radius 3 is 1.07 bits per heavy atom. The van der Waals surface area contributed by atoms with Crippen LogP contribution in [0.3, 0.4) is 0 Å². The fraction of sp³-hybridized carbons (Fsp3) is 0.875. The summed E-state index contributed by atoms with van der Waals surface area (Å²) >= 11 is 0. The van der Waals surface area contributed by atoms with E-state index >= 15 is 0 Å². The van der Waals surface area contributed by atoms with Crippen molar-refractivity contribution in [1.29, 1.82) is 0 Å². The van der Waals surface area contributed by atoms with Gasteiger partial charge < -0.3 is 50.5 Å². The summed E-state index contributed by atoms with van der Waals surface area (Å²) < 4.78 is 11.2. The van der Waals surface area contributed by atoms with Gasteiger partial charge in [0.1, 0.15) is 36.6 Å². The Labute approximate surface area is 510 Å². The van der Waals surface area contributed by atoms with Crippen molar-refractivity contribution >= 4 is 5.91 Å². The predicted octanol–water partition coefficient (Wildman–Crippen LogP) is 17.1. The second-order valence-electron chi connectivity index (χ2n) is 24.9. The van der Waals surface area contributed by atoms with Crippen LogP contribution in [0.15, 0.2) is 48.6 Å². The van der Waals surface area contributed by atoms with E-state index in [1.807, 2.05) is 0 Å². The number of aliphatic hydroxyl groups is 7. The van der Waals surface area contributed by atoms with E-state index in [9.17, 15) is 40.5 Å². The van der Waals surface area contributed by atoms with E-state index in [-0.39, 0.29) is 12.8 Å². The summed E-state index contributed by atoms with van der Waals surface area (Å²) in [6.07, 6.45) is 67.7. The molecule has 488 valence electrons. The van der Waals surface area contributed by atoms with E-state index in [2.05, 4.69) is 67.8 Å². The fourth-order valence-electron chi connectivity index (χ4n) is 11.4. The second kappa shape index (κ2) is 60.4. The van der Waals surface area contributed by atoms with Crippen LogP contribution in [0, 0.1) is 0 Å². The number of aliphatic hydroxyl groups excluding tert-OH is 7. The van der Waals surface area contributed by atoms with E-state index < -0.39 is 74.2 Å². The van der Waals surface area contributed by atoms with Gasteiger partial charge in [-0.05, 0) is 89.9 Å². The SMILES string of the molecule is CCCCCCCCCCCCCC/C=C\CCCCCCCCCCCCCC(O)C(=O)NC(COC1OC(CO)C(O)C(O)C1O)C(O)C(O)CCC/C=C/CC/C=C/CC/C=C/CCCCCCCCCCCCCCCCCC. The molecule has 0 spiro atoms. The molecule has 8 N–H and O–H groups in total. The third-order valence-corrected chi connectivity index (χ3v) is 17.1. The van der Waals surface area contributed by atoms with Crippen molar-refractivity contribution in [3.8, 4) is 0 Å². The maximum atomic E-state index is 13.2. The van der Waals surface area contributed by atoms with E-state index in [1.54, 1.807) is 0 Å². The number of ether oxygens (including phenoxy) is 2. The van der Waals surface area contributed by atoms with Crippen LogP contribution in [0.4, 0.5) is 0 Å². The van der Waals surface area contributed by atoms with Crippen LogP contribution < -0.4 is 5.32 Å². The number of amides is 1. The largest absolute Gasteiger partial charge is 0.394 e. The minimum Gasteiger partial charge on any atom is -0.394 e. The summed E-state index contributed by atoms with van der Waals surface area (Å²) in [4.78, 5) is 13.2. The van der Waals surface area contributed by atoms with Crippen LogP contribution >= 0.6 is 0 Å². The molecule has 11 nitrogen and oxygen atoms in total. The lowest BCUT2D eigenvalue weighted by Crippen LogP contribution is -2.60. The average Bonchev–Trinajstić information content (AvgIpc) is 3.68. The van der Waals surface area contributed by atoms with Gasteiger partial charge in [-0.1, -0.05) is 294 Å². The maximum absolute atomic E-state index is 13.2. The number of hydrogen-bond donors (Lipinski definition) is 8. The second-order valence-corrected chi connectivity index (χ2v) is 24.9. The van der Waals surface area contributed by atoms with E-state index in [1.165, 1.54) is 244 Å². The van der Waals surface area contributed by atoms with E-state index in [0.717, 1.165) is 44.9 Å². The molecule has 83 heavy (non-hydrogen) atoms. The van der Waals surface area contributed by atoms with Crippen LogP contribution in [0.25, 0.3) is 0 Å². The lowest BCUT2D eigenvalue weighted by molar-refractivity contribution is -0.303. The van der Waals surface area contributed by atoms with Gasteiger partial charge in [0.25, 0.3) is 0 Å². The molecule has 0 aliphatic carbocycles. The Balaban J connectivity index is 2.24. The summed E-state index contributed by atoms with van der Waals surface area (Å²) in [5.74, 6) is -0.710. The molecular formula is C72H135NO10.